The number of nitrogens with zero attached hydrogens (tertiary/aromatic N) is 1. The number of hydrogen-bond acceptors (Lipinski definition) is 2. The second-order valence-electron chi connectivity index (χ2n) is 3.34. The van der Waals surface area contributed by atoms with Crippen LogP contribution in [0.15, 0.2) is 12.1 Å². The van der Waals surface area contributed by atoms with E-state index in [1.165, 1.54) is 0 Å². The third kappa shape index (κ3) is 2.01. The van der Waals surface area contributed by atoms with Crippen molar-refractivity contribution in [3.05, 3.63) is 34.4 Å². The van der Waals surface area contributed by atoms with Crippen LogP contribution in [-0.4, -0.2) is 24.1 Å². The molecule has 0 aliphatic carbocycles. The van der Waals surface area contributed by atoms with Gasteiger partial charge in [-0.15, -0.1) is 0 Å². The minimum absolute atomic E-state index is 0.0949. The molecule has 2 rings (SSSR count). The van der Waals surface area contributed by atoms with Gasteiger partial charge < -0.3 is 0 Å². The lowest BCUT2D eigenvalue weighted by molar-refractivity contribution is -0.0768. The van der Waals surface area contributed by atoms with E-state index in [0.717, 1.165) is 17.2 Å². The molecule has 0 atom stereocenters. The SMILES string of the molecule is O=C(c1cc(F)c(F)cc1Cl)N1CCCO1. The molecule has 1 fully saturated rings. The molecular weight excluding hydrogens is 240 g/mol. The van der Waals surface area contributed by atoms with E-state index in [1.807, 2.05) is 0 Å². The topological polar surface area (TPSA) is 29.5 Å². The predicted octanol–water partition coefficient (Wildman–Crippen LogP) is 2.40. The van der Waals surface area contributed by atoms with Gasteiger partial charge in [0.25, 0.3) is 5.91 Å². The number of carbonyl (C=O) groups is 1. The molecule has 1 heterocycles. The fourth-order valence-corrected chi connectivity index (χ4v) is 1.66. The molecule has 0 unspecified atom stereocenters. The summed E-state index contributed by atoms with van der Waals surface area (Å²) in [6.07, 6.45) is 0.715. The number of carbonyl (C=O) groups excluding carboxylic acids is 1. The summed E-state index contributed by atoms with van der Waals surface area (Å²) < 4.78 is 25.7. The van der Waals surface area contributed by atoms with Gasteiger partial charge in [0, 0.05) is 0 Å². The number of hydroxylamine groups is 2. The van der Waals surface area contributed by atoms with Crippen molar-refractivity contribution in [2.24, 2.45) is 0 Å². The fourth-order valence-electron chi connectivity index (χ4n) is 1.43. The van der Waals surface area contributed by atoms with Gasteiger partial charge in [0.2, 0.25) is 0 Å². The second kappa shape index (κ2) is 4.35. The van der Waals surface area contributed by atoms with Crippen molar-refractivity contribution in [2.45, 2.75) is 6.42 Å². The molecule has 0 bridgehead atoms. The van der Waals surface area contributed by atoms with Gasteiger partial charge in [0.05, 0.1) is 23.7 Å². The molecule has 0 radical (unpaired) electrons. The van der Waals surface area contributed by atoms with Gasteiger partial charge in [0.1, 0.15) is 0 Å². The Labute approximate surface area is 95.5 Å². The van der Waals surface area contributed by atoms with Crippen LogP contribution < -0.4 is 0 Å². The third-order valence-corrected chi connectivity index (χ3v) is 2.53. The minimum atomic E-state index is -1.10. The third-order valence-electron chi connectivity index (χ3n) is 2.22. The number of rotatable bonds is 1. The summed E-state index contributed by atoms with van der Waals surface area (Å²) in [4.78, 5) is 16.8. The van der Waals surface area contributed by atoms with Gasteiger partial charge in [-0.3, -0.25) is 9.63 Å². The number of benzene rings is 1. The van der Waals surface area contributed by atoms with Gasteiger partial charge in [-0.1, -0.05) is 11.6 Å². The molecule has 0 N–H and O–H groups in total. The lowest BCUT2D eigenvalue weighted by atomic mass is 10.2. The average molecular weight is 248 g/mol. The highest BCUT2D eigenvalue weighted by atomic mass is 35.5. The van der Waals surface area contributed by atoms with Gasteiger partial charge in [-0.05, 0) is 18.6 Å². The van der Waals surface area contributed by atoms with E-state index in [1.54, 1.807) is 0 Å². The highest BCUT2D eigenvalue weighted by Crippen LogP contribution is 2.22. The Morgan fingerprint density at radius 1 is 1.38 bits per heavy atom. The summed E-state index contributed by atoms with van der Waals surface area (Å²) in [7, 11) is 0. The first kappa shape index (κ1) is 11.3. The zero-order valence-corrected chi connectivity index (χ0v) is 8.93. The summed E-state index contributed by atoms with van der Waals surface area (Å²) >= 11 is 5.67. The Morgan fingerprint density at radius 3 is 2.69 bits per heavy atom. The van der Waals surface area contributed by atoms with E-state index in [0.29, 0.717) is 19.6 Å². The Kier molecular flexibility index (Phi) is 3.07. The van der Waals surface area contributed by atoms with Crippen molar-refractivity contribution >= 4 is 17.5 Å². The maximum absolute atomic E-state index is 13.0. The van der Waals surface area contributed by atoms with Gasteiger partial charge in [-0.2, -0.15) is 0 Å². The molecule has 1 aromatic rings. The standard InChI is InChI=1S/C10H8ClF2NO2/c11-7-5-9(13)8(12)4-6(7)10(15)14-2-1-3-16-14/h4-5H,1-3H2. The summed E-state index contributed by atoms with van der Waals surface area (Å²) in [5.74, 6) is -2.74. The van der Waals surface area contributed by atoms with E-state index < -0.39 is 17.5 Å². The molecular formula is C10H8ClF2NO2. The number of hydrogen-bond donors (Lipinski definition) is 0. The van der Waals surface area contributed by atoms with Crippen molar-refractivity contribution in [3.8, 4) is 0 Å². The van der Waals surface area contributed by atoms with Crippen LogP contribution in [0, 0.1) is 11.6 Å². The van der Waals surface area contributed by atoms with Gasteiger partial charge in [0.15, 0.2) is 11.6 Å². The van der Waals surface area contributed by atoms with Crippen molar-refractivity contribution in [2.75, 3.05) is 13.2 Å². The van der Waals surface area contributed by atoms with Crippen LogP contribution in [0.4, 0.5) is 8.78 Å². The molecule has 86 valence electrons. The molecule has 0 saturated carbocycles. The minimum Gasteiger partial charge on any atom is -0.271 e. The maximum atomic E-state index is 13.0. The largest absolute Gasteiger partial charge is 0.279 e. The first-order valence-corrected chi connectivity index (χ1v) is 5.06. The first-order chi connectivity index (χ1) is 7.59. The number of halogens is 3. The van der Waals surface area contributed by atoms with Crippen LogP contribution in [-0.2, 0) is 4.84 Å². The Balaban J connectivity index is 2.32. The zero-order valence-electron chi connectivity index (χ0n) is 8.17. The van der Waals surface area contributed by atoms with Gasteiger partial charge >= 0.3 is 0 Å². The Morgan fingerprint density at radius 2 is 2.06 bits per heavy atom. The second-order valence-corrected chi connectivity index (χ2v) is 3.75. The van der Waals surface area contributed by atoms with E-state index in [4.69, 9.17) is 16.4 Å². The highest BCUT2D eigenvalue weighted by Gasteiger charge is 2.24. The predicted molar refractivity (Wildman–Crippen MR) is 53.0 cm³/mol. The van der Waals surface area contributed by atoms with Crippen LogP contribution >= 0.6 is 11.6 Å². The van der Waals surface area contributed by atoms with Crippen LogP contribution in [0.5, 0.6) is 0 Å². The van der Waals surface area contributed by atoms with E-state index in [2.05, 4.69) is 0 Å². The normalized spacial score (nSPS) is 15.6. The van der Waals surface area contributed by atoms with Crippen molar-refractivity contribution in [3.63, 3.8) is 0 Å². The van der Waals surface area contributed by atoms with Crippen LogP contribution in [0.25, 0.3) is 0 Å². The number of amides is 1. The first-order valence-electron chi connectivity index (χ1n) is 4.69. The van der Waals surface area contributed by atoms with E-state index >= 15 is 0 Å². The van der Waals surface area contributed by atoms with Crippen molar-refractivity contribution in [1.29, 1.82) is 0 Å². The fraction of sp³-hybridized carbons (Fsp3) is 0.300. The summed E-state index contributed by atoms with van der Waals surface area (Å²) in [5.41, 5.74) is -0.0949. The van der Waals surface area contributed by atoms with Crippen LogP contribution in [0.1, 0.15) is 16.8 Å². The lowest BCUT2D eigenvalue weighted by Crippen LogP contribution is -2.26. The molecule has 1 aromatic carbocycles. The Bertz CT molecular complexity index is 433. The highest BCUT2D eigenvalue weighted by molar-refractivity contribution is 6.33. The maximum Gasteiger partial charge on any atom is 0.279 e. The summed E-state index contributed by atoms with van der Waals surface area (Å²) in [6, 6.07) is 1.56. The summed E-state index contributed by atoms with van der Waals surface area (Å²) in [6.45, 7) is 0.862. The zero-order chi connectivity index (χ0) is 11.7. The molecule has 6 heteroatoms. The van der Waals surface area contributed by atoms with Crippen molar-refractivity contribution < 1.29 is 18.4 Å². The molecule has 1 aliphatic heterocycles. The van der Waals surface area contributed by atoms with Crippen molar-refractivity contribution in [1.82, 2.24) is 5.06 Å². The van der Waals surface area contributed by atoms with Crippen LogP contribution in [0.2, 0.25) is 5.02 Å². The lowest BCUT2D eigenvalue weighted by Gasteiger charge is -2.14. The molecule has 1 amide bonds. The van der Waals surface area contributed by atoms with E-state index in [9.17, 15) is 13.6 Å². The smallest absolute Gasteiger partial charge is 0.271 e. The molecule has 16 heavy (non-hydrogen) atoms. The average Bonchev–Trinajstić information content (AvgIpc) is 2.75. The molecule has 1 saturated heterocycles. The molecule has 1 aliphatic rings. The van der Waals surface area contributed by atoms with Gasteiger partial charge in [-0.25, -0.2) is 13.8 Å². The molecule has 0 spiro atoms. The molecule has 0 aromatic heterocycles. The molecule has 3 nitrogen and oxygen atoms in total. The van der Waals surface area contributed by atoms with E-state index in [-0.39, 0.29) is 10.6 Å². The van der Waals surface area contributed by atoms with Crippen LogP contribution in [0.3, 0.4) is 0 Å². The quantitative estimate of drug-likeness (QED) is 0.713. The summed E-state index contributed by atoms with van der Waals surface area (Å²) in [5, 5.41) is 0.970. The monoisotopic (exact) mass is 247 g/mol. The Hall–Kier alpha value is -1.20.